The summed E-state index contributed by atoms with van der Waals surface area (Å²) in [5, 5.41) is 3.56. The molecule has 0 aromatic rings. The molecule has 1 unspecified atom stereocenters. The summed E-state index contributed by atoms with van der Waals surface area (Å²) < 4.78 is 5.61. The molecule has 0 aliphatic heterocycles. The lowest BCUT2D eigenvalue weighted by atomic mass is 10.1. The fraction of sp³-hybridized carbons (Fsp3) is 1.00. The summed E-state index contributed by atoms with van der Waals surface area (Å²) in [5.41, 5.74) is 0. The summed E-state index contributed by atoms with van der Waals surface area (Å²) in [6, 6.07) is 0.842. The van der Waals surface area contributed by atoms with E-state index in [9.17, 15) is 0 Å². The summed E-state index contributed by atoms with van der Waals surface area (Å²) >= 11 is 0. The molecule has 0 radical (unpaired) electrons. The molecule has 1 aliphatic carbocycles. The Balaban J connectivity index is 1.81. The summed E-state index contributed by atoms with van der Waals surface area (Å²) in [5.74, 6) is 1.52. The predicted octanol–water partition coefficient (Wildman–Crippen LogP) is 2.83. The van der Waals surface area contributed by atoms with E-state index in [4.69, 9.17) is 4.74 Å². The maximum Gasteiger partial charge on any atom is 0.0469 e. The van der Waals surface area contributed by atoms with Crippen LogP contribution in [0.2, 0.25) is 0 Å². The third-order valence-electron chi connectivity index (χ3n) is 2.93. The Morgan fingerprint density at radius 1 is 1.13 bits per heavy atom. The Morgan fingerprint density at radius 2 is 1.80 bits per heavy atom. The Labute approximate surface area is 94.8 Å². The predicted molar refractivity (Wildman–Crippen MR) is 65.1 cm³/mol. The second-order valence-corrected chi connectivity index (χ2v) is 5.37. The first kappa shape index (κ1) is 13.0. The first-order chi connectivity index (χ1) is 7.18. The third kappa shape index (κ3) is 7.80. The number of hydrogen-bond acceptors (Lipinski definition) is 2. The van der Waals surface area contributed by atoms with Crippen molar-refractivity contribution in [2.75, 3.05) is 19.8 Å². The molecule has 0 aromatic carbocycles. The quantitative estimate of drug-likeness (QED) is 0.595. The molecule has 2 nitrogen and oxygen atoms in total. The van der Waals surface area contributed by atoms with Crippen LogP contribution in [0, 0.1) is 11.8 Å². The van der Waals surface area contributed by atoms with Crippen LogP contribution in [0.1, 0.15) is 46.5 Å². The van der Waals surface area contributed by atoms with Crippen LogP contribution in [0.4, 0.5) is 0 Å². The molecule has 1 N–H and O–H groups in total. The molecule has 1 rings (SSSR count). The van der Waals surface area contributed by atoms with E-state index >= 15 is 0 Å². The first-order valence-corrected chi connectivity index (χ1v) is 6.49. The van der Waals surface area contributed by atoms with Gasteiger partial charge in [0.05, 0.1) is 0 Å². The van der Waals surface area contributed by atoms with Gasteiger partial charge < -0.3 is 10.1 Å². The summed E-state index contributed by atoms with van der Waals surface area (Å²) in [6.45, 7) is 9.82. The minimum absolute atomic E-state index is 0.754. The van der Waals surface area contributed by atoms with Gasteiger partial charge in [0.1, 0.15) is 0 Å². The van der Waals surface area contributed by atoms with E-state index in [0.29, 0.717) is 0 Å². The van der Waals surface area contributed by atoms with Crippen molar-refractivity contribution in [1.82, 2.24) is 5.32 Å². The average molecular weight is 213 g/mol. The summed E-state index contributed by atoms with van der Waals surface area (Å²) in [7, 11) is 0. The largest absolute Gasteiger partial charge is 0.381 e. The van der Waals surface area contributed by atoms with Crippen molar-refractivity contribution in [3.8, 4) is 0 Å². The van der Waals surface area contributed by atoms with Crippen molar-refractivity contribution in [3.05, 3.63) is 0 Å². The van der Waals surface area contributed by atoms with E-state index < -0.39 is 0 Å². The normalized spacial score (nSPS) is 18.4. The van der Waals surface area contributed by atoms with Gasteiger partial charge in [-0.2, -0.15) is 0 Å². The van der Waals surface area contributed by atoms with E-state index in [2.05, 4.69) is 26.1 Å². The number of ether oxygens (including phenoxy) is 1. The van der Waals surface area contributed by atoms with Crippen LogP contribution >= 0.6 is 0 Å². The summed E-state index contributed by atoms with van der Waals surface area (Å²) in [6.07, 6.45) is 5.15. The molecule has 0 aromatic heterocycles. The van der Waals surface area contributed by atoms with Crippen molar-refractivity contribution in [2.24, 2.45) is 11.8 Å². The van der Waals surface area contributed by atoms with Gasteiger partial charge in [-0.3, -0.25) is 0 Å². The maximum atomic E-state index is 5.61. The Kier molecular flexibility index (Phi) is 6.26. The van der Waals surface area contributed by atoms with Crippen LogP contribution in [0.25, 0.3) is 0 Å². The fourth-order valence-electron chi connectivity index (χ4n) is 1.46. The lowest BCUT2D eigenvalue weighted by molar-refractivity contribution is 0.112. The van der Waals surface area contributed by atoms with Crippen LogP contribution < -0.4 is 5.32 Å². The lowest BCUT2D eigenvalue weighted by Gasteiger charge is -2.12. The molecule has 0 heterocycles. The molecule has 0 saturated heterocycles. The minimum atomic E-state index is 0.754. The van der Waals surface area contributed by atoms with Gasteiger partial charge in [-0.05, 0) is 44.1 Å². The molecule has 15 heavy (non-hydrogen) atoms. The third-order valence-corrected chi connectivity index (χ3v) is 2.93. The monoisotopic (exact) mass is 213 g/mol. The zero-order valence-electron chi connectivity index (χ0n) is 10.6. The highest BCUT2D eigenvalue weighted by molar-refractivity contribution is 4.81. The van der Waals surface area contributed by atoms with E-state index in [1.807, 2.05) is 0 Å². The molecule has 90 valence electrons. The second kappa shape index (κ2) is 7.24. The van der Waals surface area contributed by atoms with Gasteiger partial charge >= 0.3 is 0 Å². The van der Waals surface area contributed by atoms with Crippen LogP contribution in [-0.4, -0.2) is 25.8 Å². The number of hydrogen-bond donors (Lipinski definition) is 1. The van der Waals surface area contributed by atoms with Crippen molar-refractivity contribution in [3.63, 3.8) is 0 Å². The molecule has 1 atom stereocenters. The van der Waals surface area contributed by atoms with Gasteiger partial charge in [0.25, 0.3) is 0 Å². The molecule has 2 heteroatoms. The molecule has 0 bridgehead atoms. The fourth-order valence-corrected chi connectivity index (χ4v) is 1.46. The van der Waals surface area contributed by atoms with Crippen molar-refractivity contribution in [1.29, 1.82) is 0 Å². The second-order valence-electron chi connectivity index (χ2n) is 5.37. The van der Waals surface area contributed by atoms with Crippen LogP contribution in [-0.2, 0) is 4.74 Å². The van der Waals surface area contributed by atoms with E-state index in [0.717, 1.165) is 37.6 Å². The summed E-state index contributed by atoms with van der Waals surface area (Å²) in [4.78, 5) is 0. The van der Waals surface area contributed by atoms with Gasteiger partial charge in [0.15, 0.2) is 0 Å². The Hall–Kier alpha value is -0.0800. The highest BCUT2D eigenvalue weighted by Crippen LogP contribution is 2.19. The van der Waals surface area contributed by atoms with Crippen molar-refractivity contribution >= 4 is 0 Å². The molecule has 1 aliphatic rings. The van der Waals surface area contributed by atoms with E-state index in [1.165, 1.54) is 25.7 Å². The van der Waals surface area contributed by atoms with Gasteiger partial charge in [-0.15, -0.1) is 0 Å². The lowest BCUT2D eigenvalue weighted by Crippen LogP contribution is -2.23. The highest BCUT2D eigenvalue weighted by atomic mass is 16.5. The topological polar surface area (TPSA) is 21.3 Å². The van der Waals surface area contributed by atoms with Gasteiger partial charge in [-0.1, -0.05) is 20.8 Å². The molecule has 0 spiro atoms. The standard InChI is InChI=1S/C13H27NO/c1-11(2)6-8-15-9-7-12(3)10-14-13-4-5-13/h11-14H,4-10H2,1-3H3. The molecular weight excluding hydrogens is 186 g/mol. The van der Waals surface area contributed by atoms with Gasteiger partial charge in [-0.25, -0.2) is 0 Å². The molecule has 0 amide bonds. The van der Waals surface area contributed by atoms with E-state index in [-0.39, 0.29) is 0 Å². The zero-order valence-corrected chi connectivity index (χ0v) is 10.6. The molecular formula is C13H27NO. The van der Waals surface area contributed by atoms with Crippen LogP contribution in [0.3, 0.4) is 0 Å². The molecule has 1 fully saturated rings. The average Bonchev–Trinajstić information content (AvgIpc) is 2.97. The first-order valence-electron chi connectivity index (χ1n) is 6.49. The zero-order chi connectivity index (χ0) is 11.1. The maximum absolute atomic E-state index is 5.61. The van der Waals surface area contributed by atoms with Crippen LogP contribution in [0.15, 0.2) is 0 Å². The smallest absolute Gasteiger partial charge is 0.0469 e. The van der Waals surface area contributed by atoms with Gasteiger partial charge in [0, 0.05) is 19.3 Å². The van der Waals surface area contributed by atoms with Crippen LogP contribution in [0.5, 0.6) is 0 Å². The Morgan fingerprint density at radius 3 is 2.40 bits per heavy atom. The SMILES string of the molecule is CC(C)CCOCCC(C)CNC1CC1. The molecule has 1 saturated carbocycles. The minimum Gasteiger partial charge on any atom is -0.381 e. The Bertz CT molecular complexity index is 155. The van der Waals surface area contributed by atoms with E-state index in [1.54, 1.807) is 0 Å². The van der Waals surface area contributed by atoms with Gasteiger partial charge in [0.2, 0.25) is 0 Å². The van der Waals surface area contributed by atoms with Crippen molar-refractivity contribution < 1.29 is 4.74 Å². The highest BCUT2D eigenvalue weighted by Gasteiger charge is 2.20. The van der Waals surface area contributed by atoms with Crippen molar-refractivity contribution in [2.45, 2.75) is 52.5 Å². The number of nitrogens with one attached hydrogen (secondary N) is 1. The number of rotatable bonds is 9.